The number of piperidine rings is 1. The highest BCUT2D eigenvalue weighted by Gasteiger charge is 2.28. The predicted molar refractivity (Wildman–Crippen MR) is 111 cm³/mol. The SMILES string of the molecule is Cc1c(C(=O)N(Cc2ccccc2)CC2CCOCC2)nnn1C1CCNCC1. The molecule has 2 fully saturated rings. The van der Waals surface area contributed by atoms with Crippen molar-refractivity contribution in [2.75, 3.05) is 32.8 Å². The van der Waals surface area contributed by atoms with Gasteiger partial charge in [0.1, 0.15) is 0 Å². The summed E-state index contributed by atoms with van der Waals surface area (Å²) < 4.78 is 7.46. The minimum absolute atomic E-state index is 0.0157. The number of carbonyl (C=O) groups is 1. The van der Waals surface area contributed by atoms with E-state index in [0.717, 1.165) is 69.8 Å². The van der Waals surface area contributed by atoms with Gasteiger partial charge in [-0.25, -0.2) is 4.68 Å². The highest BCUT2D eigenvalue weighted by atomic mass is 16.5. The van der Waals surface area contributed by atoms with Crippen molar-refractivity contribution in [2.24, 2.45) is 5.92 Å². The first-order chi connectivity index (χ1) is 14.2. The fourth-order valence-corrected chi connectivity index (χ4v) is 4.35. The standard InChI is InChI=1S/C22H31N5O2/c1-17-21(24-25-27(17)20-7-11-23-12-8-20)22(28)26(15-18-5-3-2-4-6-18)16-19-9-13-29-14-10-19/h2-6,19-20,23H,7-16H2,1H3. The number of hydrogen-bond acceptors (Lipinski definition) is 5. The van der Waals surface area contributed by atoms with Crippen LogP contribution >= 0.6 is 0 Å². The van der Waals surface area contributed by atoms with E-state index in [0.29, 0.717) is 24.2 Å². The molecule has 1 N–H and O–H groups in total. The second-order valence-electron chi connectivity index (χ2n) is 8.18. The molecule has 7 heteroatoms. The molecule has 2 aliphatic rings. The number of carbonyl (C=O) groups excluding carboxylic acids is 1. The van der Waals surface area contributed by atoms with Gasteiger partial charge < -0.3 is 15.0 Å². The Kier molecular flexibility index (Phi) is 6.56. The van der Waals surface area contributed by atoms with Crippen molar-refractivity contribution in [3.63, 3.8) is 0 Å². The zero-order valence-electron chi connectivity index (χ0n) is 17.2. The smallest absolute Gasteiger partial charge is 0.276 e. The summed E-state index contributed by atoms with van der Waals surface area (Å²) in [5.74, 6) is 0.453. The molecule has 1 aromatic heterocycles. The van der Waals surface area contributed by atoms with Gasteiger partial charge in [0.2, 0.25) is 0 Å². The van der Waals surface area contributed by atoms with Crippen LogP contribution in [-0.2, 0) is 11.3 Å². The van der Waals surface area contributed by atoms with Crippen LogP contribution in [0.3, 0.4) is 0 Å². The van der Waals surface area contributed by atoms with Crippen molar-refractivity contribution in [3.8, 4) is 0 Å². The van der Waals surface area contributed by atoms with Crippen molar-refractivity contribution < 1.29 is 9.53 Å². The number of nitrogens with zero attached hydrogens (tertiary/aromatic N) is 4. The van der Waals surface area contributed by atoms with E-state index in [-0.39, 0.29) is 5.91 Å². The largest absolute Gasteiger partial charge is 0.381 e. The lowest BCUT2D eigenvalue weighted by molar-refractivity contribution is 0.0443. The van der Waals surface area contributed by atoms with Gasteiger partial charge in [-0.2, -0.15) is 0 Å². The number of benzene rings is 1. The molecule has 7 nitrogen and oxygen atoms in total. The van der Waals surface area contributed by atoms with Gasteiger partial charge in [-0.3, -0.25) is 4.79 Å². The van der Waals surface area contributed by atoms with Crippen LogP contribution in [0, 0.1) is 12.8 Å². The number of amides is 1. The number of rotatable bonds is 6. The van der Waals surface area contributed by atoms with Gasteiger partial charge in [0.15, 0.2) is 5.69 Å². The Bertz CT molecular complexity index is 795. The van der Waals surface area contributed by atoms with Crippen LogP contribution in [0.15, 0.2) is 30.3 Å². The van der Waals surface area contributed by atoms with Crippen LogP contribution in [0.5, 0.6) is 0 Å². The minimum Gasteiger partial charge on any atom is -0.381 e. The molecule has 0 saturated carbocycles. The van der Waals surface area contributed by atoms with Crippen molar-refractivity contribution in [1.82, 2.24) is 25.2 Å². The molecular formula is C22H31N5O2. The molecule has 1 aromatic carbocycles. The van der Waals surface area contributed by atoms with Gasteiger partial charge in [-0.05, 0) is 57.2 Å². The van der Waals surface area contributed by atoms with Crippen LogP contribution in [0.2, 0.25) is 0 Å². The van der Waals surface area contributed by atoms with Gasteiger partial charge in [0.25, 0.3) is 5.91 Å². The third-order valence-electron chi connectivity index (χ3n) is 6.11. The minimum atomic E-state index is -0.0157. The lowest BCUT2D eigenvalue weighted by Crippen LogP contribution is -2.37. The van der Waals surface area contributed by atoms with Crippen molar-refractivity contribution in [1.29, 1.82) is 0 Å². The molecule has 156 valence electrons. The quantitative estimate of drug-likeness (QED) is 0.811. The number of aromatic nitrogens is 3. The molecule has 0 atom stereocenters. The lowest BCUT2D eigenvalue weighted by Gasteiger charge is -2.30. The fourth-order valence-electron chi connectivity index (χ4n) is 4.35. The van der Waals surface area contributed by atoms with Gasteiger partial charge in [-0.15, -0.1) is 5.10 Å². The number of ether oxygens (including phenoxy) is 1. The Balaban J connectivity index is 1.54. The topological polar surface area (TPSA) is 72.3 Å². The molecular weight excluding hydrogens is 366 g/mol. The van der Waals surface area contributed by atoms with Crippen LogP contribution in [0.25, 0.3) is 0 Å². The molecule has 0 bridgehead atoms. The number of nitrogens with one attached hydrogen (secondary N) is 1. The average molecular weight is 398 g/mol. The molecule has 29 heavy (non-hydrogen) atoms. The van der Waals surface area contributed by atoms with Gasteiger partial charge in [-0.1, -0.05) is 35.5 Å². The normalized spacial score (nSPS) is 18.7. The van der Waals surface area contributed by atoms with Crippen LogP contribution in [0.1, 0.15) is 53.5 Å². The number of hydrogen-bond donors (Lipinski definition) is 1. The Morgan fingerprint density at radius 3 is 2.62 bits per heavy atom. The van der Waals surface area contributed by atoms with E-state index in [9.17, 15) is 4.79 Å². The summed E-state index contributed by atoms with van der Waals surface area (Å²) in [6.07, 6.45) is 4.04. The highest BCUT2D eigenvalue weighted by Crippen LogP contribution is 2.23. The Morgan fingerprint density at radius 1 is 1.17 bits per heavy atom. The van der Waals surface area contributed by atoms with Crippen LogP contribution in [-0.4, -0.2) is 58.6 Å². The maximum atomic E-state index is 13.5. The van der Waals surface area contributed by atoms with E-state index >= 15 is 0 Å². The second-order valence-corrected chi connectivity index (χ2v) is 8.18. The summed E-state index contributed by atoms with van der Waals surface area (Å²) in [6.45, 7) is 6.83. The Labute approximate surface area is 172 Å². The lowest BCUT2D eigenvalue weighted by atomic mass is 9.99. The van der Waals surface area contributed by atoms with Gasteiger partial charge >= 0.3 is 0 Å². The van der Waals surface area contributed by atoms with Crippen LogP contribution in [0.4, 0.5) is 0 Å². The zero-order chi connectivity index (χ0) is 20.1. The van der Waals surface area contributed by atoms with E-state index in [2.05, 4.69) is 27.8 Å². The third-order valence-corrected chi connectivity index (χ3v) is 6.11. The maximum Gasteiger partial charge on any atom is 0.276 e. The molecule has 0 unspecified atom stereocenters. The van der Waals surface area contributed by atoms with Gasteiger partial charge in [0.05, 0.1) is 11.7 Å². The van der Waals surface area contributed by atoms with Crippen LogP contribution < -0.4 is 5.32 Å². The maximum absolute atomic E-state index is 13.5. The first kappa shape index (κ1) is 20.0. The Hall–Kier alpha value is -2.25. The van der Waals surface area contributed by atoms with E-state index in [4.69, 9.17) is 4.74 Å². The first-order valence-corrected chi connectivity index (χ1v) is 10.8. The molecule has 0 radical (unpaired) electrons. The zero-order valence-corrected chi connectivity index (χ0v) is 17.2. The molecule has 2 saturated heterocycles. The summed E-state index contributed by atoms with van der Waals surface area (Å²) in [4.78, 5) is 15.5. The summed E-state index contributed by atoms with van der Waals surface area (Å²) in [6, 6.07) is 10.5. The van der Waals surface area contributed by atoms with Gasteiger partial charge in [0, 0.05) is 26.3 Å². The molecule has 1 amide bonds. The molecule has 4 rings (SSSR count). The van der Waals surface area contributed by atoms with Crippen molar-refractivity contribution in [2.45, 2.75) is 45.2 Å². The first-order valence-electron chi connectivity index (χ1n) is 10.8. The predicted octanol–water partition coefficient (Wildman–Crippen LogP) is 2.58. The molecule has 2 aliphatic heterocycles. The van der Waals surface area contributed by atoms with Crippen molar-refractivity contribution >= 4 is 5.91 Å². The average Bonchev–Trinajstić information content (AvgIpc) is 3.16. The second kappa shape index (κ2) is 9.50. The van der Waals surface area contributed by atoms with E-state index in [1.807, 2.05) is 34.7 Å². The van der Waals surface area contributed by atoms with E-state index in [1.165, 1.54) is 0 Å². The summed E-state index contributed by atoms with van der Waals surface area (Å²) in [5.41, 5.74) is 2.51. The highest BCUT2D eigenvalue weighted by molar-refractivity contribution is 5.93. The Morgan fingerprint density at radius 2 is 1.90 bits per heavy atom. The molecule has 0 spiro atoms. The molecule has 3 heterocycles. The summed E-state index contributed by atoms with van der Waals surface area (Å²) in [5, 5.41) is 12.1. The monoisotopic (exact) mass is 397 g/mol. The van der Waals surface area contributed by atoms with E-state index < -0.39 is 0 Å². The van der Waals surface area contributed by atoms with E-state index in [1.54, 1.807) is 0 Å². The fraction of sp³-hybridized carbons (Fsp3) is 0.591. The summed E-state index contributed by atoms with van der Waals surface area (Å²) in [7, 11) is 0. The molecule has 2 aromatic rings. The molecule has 0 aliphatic carbocycles. The van der Waals surface area contributed by atoms with Crippen molar-refractivity contribution in [3.05, 3.63) is 47.3 Å². The summed E-state index contributed by atoms with van der Waals surface area (Å²) >= 11 is 0. The third kappa shape index (κ3) is 4.85.